The lowest BCUT2D eigenvalue weighted by Gasteiger charge is -2.29. The second kappa shape index (κ2) is 8.04. The van der Waals surface area contributed by atoms with Gasteiger partial charge in [-0.15, -0.1) is 0 Å². The Kier molecular flexibility index (Phi) is 5.59. The Morgan fingerprint density at radius 1 is 1.13 bits per heavy atom. The summed E-state index contributed by atoms with van der Waals surface area (Å²) in [6.07, 6.45) is 1.63. The Balaban J connectivity index is 1.70. The molecular formula is C21H20F2NO5P. The van der Waals surface area contributed by atoms with E-state index in [1.165, 1.54) is 4.90 Å². The van der Waals surface area contributed by atoms with Crippen LogP contribution in [-0.4, -0.2) is 33.2 Å². The molecule has 1 aliphatic heterocycles. The molecule has 9 heteroatoms. The van der Waals surface area contributed by atoms with Crippen molar-refractivity contribution in [1.29, 1.82) is 0 Å². The van der Waals surface area contributed by atoms with Gasteiger partial charge >= 0.3 is 7.82 Å². The van der Waals surface area contributed by atoms with E-state index in [1.54, 1.807) is 30.3 Å². The van der Waals surface area contributed by atoms with Gasteiger partial charge in [0.25, 0.3) is 5.91 Å². The maximum Gasteiger partial charge on any atom is 0.470 e. The largest absolute Gasteiger partial charge is 0.470 e. The van der Waals surface area contributed by atoms with E-state index < -0.39 is 37.5 Å². The number of nitrogens with zero attached hydrogens (tertiary/aromatic N) is 1. The Bertz CT molecular complexity index is 1030. The summed E-state index contributed by atoms with van der Waals surface area (Å²) < 4.78 is 44.3. The first kappa shape index (κ1) is 20.9. The molecule has 2 N–H and O–H groups in total. The molecule has 0 radical (unpaired) electrons. The number of hydrogen-bond acceptors (Lipinski definition) is 3. The van der Waals surface area contributed by atoms with Crippen LogP contribution in [0.2, 0.25) is 0 Å². The molecular weight excluding hydrogens is 415 g/mol. The van der Waals surface area contributed by atoms with Gasteiger partial charge in [-0.25, -0.2) is 13.3 Å². The summed E-state index contributed by atoms with van der Waals surface area (Å²) in [6.45, 7) is -0.0352. The fraction of sp³-hybridized carbons (Fsp3) is 0.286. The molecule has 0 aromatic heterocycles. The lowest BCUT2D eigenvalue weighted by Crippen LogP contribution is -2.41. The van der Waals surface area contributed by atoms with Crippen LogP contribution in [0.3, 0.4) is 0 Å². The lowest BCUT2D eigenvalue weighted by molar-refractivity contribution is -0.141. The third-order valence-electron chi connectivity index (χ3n) is 5.28. The van der Waals surface area contributed by atoms with E-state index in [0.717, 1.165) is 23.8 Å². The molecule has 1 fully saturated rings. The van der Waals surface area contributed by atoms with E-state index in [-0.39, 0.29) is 18.0 Å². The van der Waals surface area contributed by atoms with Gasteiger partial charge in [-0.2, -0.15) is 0 Å². The van der Waals surface area contributed by atoms with Crippen LogP contribution in [0.4, 0.5) is 8.78 Å². The number of rotatable bonds is 6. The fourth-order valence-corrected chi connectivity index (χ4v) is 4.28. The Labute approximate surface area is 172 Å². The van der Waals surface area contributed by atoms with E-state index in [4.69, 9.17) is 4.52 Å². The lowest BCUT2D eigenvalue weighted by atomic mass is 10.0. The summed E-state index contributed by atoms with van der Waals surface area (Å²) in [4.78, 5) is 33.2. The van der Waals surface area contributed by atoms with Crippen LogP contribution in [0.1, 0.15) is 30.0 Å². The van der Waals surface area contributed by atoms with Crippen LogP contribution in [0.15, 0.2) is 54.6 Å². The highest BCUT2D eigenvalue weighted by Gasteiger charge is 2.45. The van der Waals surface area contributed by atoms with Gasteiger partial charge < -0.3 is 14.7 Å². The highest BCUT2D eigenvalue weighted by Crippen LogP contribution is 2.47. The molecule has 2 atom stereocenters. The van der Waals surface area contributed by atoms with Gasteiger partial charge in [-0.1, -0.05) is 36.4 Å². The normalized spacial score (nSPS) is 20.2. The zero-order valence-electron chi connectivity index (χ0n) is 15.8. The van der Waals surface area contributed by atoms with Crippen molar-refractivity contribution in [2.75, 3.05) is 6.54 Å². The van der Waals surface area contributed by atoms with Gasteiger partial charge in [0.2, 0.25) is 0 Å². The smallest absolute Gasteiger partial charge is 0.326 e. The van der Waals surface area contributed by atoms with Crippen LogP contribution in [0.5, 0.6) is 0 Å². The molecule has 0 saturated heterocycles. The molecule has 1 saturated carbocycles. The quantitative estimate of drug-likeness (QED) is 0.674. The average Bonchev–Trinajstić information content (AvgIpc) is 3.45. The second-order valence-electron chi connectivity index (χ2n) is 7.49. The first-order valence-corrected chi connectivity index (χ1v) is 11.0. The minimum atomic E-state index is -4.88. The zero-order valence-corrected chi connectivity index (χ0v) is 16.7. The van der Waals surface area contributed by atoms with Crippen molar-refractivity contribution in [2.45, 2.75) is 25.0 Å². The zero-order chi connectivity index (χ0) is 21.5. The van der Waals surface area contributed by atoms with Gasteiger partial charge in [0.15, 0.2) is 6.10 Å². The van der Waals surface area contributed by atoms with Gasteiger partial charge in [0.1, 0.15) is 11.6 Å². The number of carbonyl (C=O) groups is 1. The molecule has 1 heterocycles. The molecule has 158 valence electrons. The summed E-state index contributed by atoms with van der Waals surface area (Å²) in [7, 11) is -4.88. The first-order chi connectivity index (χ1) is 14.2. The molecule has 0 spiro atoms. The summed E-state index contributed by atoms with van der Waals surface area (Å²) in [5.41, 5.74) is 1.20. The monoisotopic (exact) mass is 435 g/mol. The number of carbonyl (C=O) groups excluding carboxylic acids is 1. The van der Waals surface area contributed by atoms with Crippen LogP contribution in [0.25, 0.3) is 5.57 Å². The summed E-state index contributed by atoms with van der Waals surface area (Å²) in [6, 6.07) is 11.5. The molecule has 2 aliphatic rings. The number of benzene rings is 2. The maximum absolute atomic E-state index is 14.4. The number of phosphoric acid groups is 1. The molecule has 1 amide bonds. The predicted molar refractivity (Wildman–Crippen MR) is 105 cm³/mol. The van der Waals surface area contributed by atoms with Crippen molar-refractivity contribution < 1.29 is 32.5 Å². The molecule has 1 aliphatic carbocycles. The molecule has 1 unspecified atom stereocenters. The molecule has 30 heavy (non-hydrogen) atoms. The van der Waals surface area contributed by atoms with E-state index in [0.29, 0.717) is 18.4 Å². The Morgan fingerprint density at radius 2 is 1.83 bits per heavy atom. The van der Waals surface area contributed by atoms with Gasteiger partial charge in [-0.3, -0.25) is 9.32 Å². The summed E-state index contributed by atoms with van der Waals surface area (Å²) in [5, 5.41) is 0. The number of phosphoric ester groups is 1. The van der Waals surface area contributed by atoms with Crippen LogP contribution in [-0.2, 0) is 13.9 Å². The number of amides is 1. The highest BCUT2D eigenvalue weighted by molar-refractivity contribution is 7.46. The topological polar surface area (TPSA) is 87.1 Å². The molecule has 2 aromatic carbocycles. The number of halogens is 2. The van der Waals surface area contributed by atoms with E-state index in [1.807, 2.05) is 6.07 Å². The summed E-state index contributed by atoms with van der Waals surface area (Å²) >= 11 is 0. The van der Waals surface area contributed by atoms with Crippen LogP contribution < -0.4 is 0 Å². The van der Waals surface area contributed by atoms with E-state index >= 15 is 0 Å². The van der Waals surface area contributed by atoms with Gasteiger partial charge in [-0.05, 0) is 48.1 Å². The third-order valence-corrected chi connectivity index (χ3v) is 5.78. The molecule has 0 bridgehead atoms. The van der Waals surface area contributed by atoms with Crippen molar-refractivity contribution in [3.8, 4) is 0 Å². The number of hydrogen-bond donors (Lipinski definition) is 2. The standard InChI is InChI=1S/C21H20F2NO5P/c22-16-8-9-18(23)17(11-16)15-10-19(13-4-2-1-3-5-13)24(12-15)21(25)20(14-6-7-14)29-30(26,27)28/h1-5,8-11,14,19-20H,6-7,12H2,(H2,26,27,28)/t19-,20?/m0/s1. The minimum absolute atomic E-state index is 0.0352. The third kappa shape index (κ3) is 4.52. The van der Waals surface area contributed by atoms with Gasteiger partial charge in [0.05, 0.1) is 6.04 Å². The average molecular weight is 435 g/mol. The minimum Gasteiger partial charge on any atom is -0.326 e. The van der Waals surface area contributed by atoms with Crippen molar-refractivity contribution in [3.05, 3.63) is 77.4 Å². The van der Waals surface area contributed by atoms with Crippen LogP contribution in [0, 0.1) is 17.6 Å². The first-order valence-electron chi connectivity index (χ1n) is 9.48. The van der Waals surface area contributed by atoms with Crippen molar-refractivity contribution in [2.24, 2.45) is 5.92 Å². The van der Waals surface area contributed by atoms with E-state index in [9.17, 15) is 27.9 Å². The fourth-order valence-electron chi connectivity index (χ4n) is 3.72. The van der Waals surface area contributed by atoms with Crippen molar-refractivity contribution in [1.82, 2.24) is 4.90 Å². The maximum atomic E-state index is 14.4. The Hall–Kier alpha value is -2.38. The second-order valence-corrected chi connectivity index (χ2v) is 8.68. The summed E-state index contributed by atoms with van der Waals surface area (Å²) in [5.74, 6) is -2.09. The molecule has 2 aromatic rings. The highest BCUT2D eigenvalue weighted by atomic mass is 31.2. The van der Waals surface area contributed by atoms with Crippen molar-refractivity contribution in [3.63, 3.8) is 0 Å². The SMILES string of the molecule is O=C(C(OP(=O)(O)O)C1CC1)N1CC(c2cc(F)ccc2F)=C[C@H]1c1ccccc1. The predicted octanol–water partition coefficient (Wildman–Crippen LogP) is 3.82. The molecule has 4 rings (SSSR count). The van der Waals surface area contributed by atoms with Crippen molar-refractivity contribution >= 4 is 19.3 Å². The molecule has 6 nitrogen and oxygen atoms in total. The van der Waals surface area contributed by atoms with E-state index in [2.05, 4.69) is 0 Å². The van der Waals surface area contributed by atoms with Gasteiger partial charge in [0, 0.05) is 12.1 Å². The Morgan fingerprint density at radius 3 is 2.47 bits per heavy atom. The van der Waals surface area contributed by atoms with Crippen LogP contribution >= 0.6 is 7.82 Å².